The van der Waals surface area contributed by atoms with Crippen LogP contribution in [0.25, 0.3) is 21.5 Å². The largest absolute Gasteiger partial charge is 0.330 e. The van der Waals surface area contributed by atoms with Gasteiger partial charge in [-0.1, -0.05) is 48.5 Å². The molecule has 0 unspecified atom stereocenters. The van der Waals surface area contributed by atoms with E-state index in [9.17, 15) is 0 Å². The van der Waals surface area contributed by atoms with Crippen LogP contribution in [0, 0.1) is 6.92 Å². The first-order chi connectivity index (χ1) is 20.7. The lowest BCUT2D eigenvalue weighted by atomic mass is 10.0. The molecule has 0 aliphatic carbocycles. The fourth-order valence-electron chi connectivity index (χ4n) is 6.50. The Kier molecular flexibility index (Phi) is 7.43. The third-order valence-corrected chi connectivity index (χ3v) is 8.68. The molecule has 1 saturated heterocycles. The van der Waals surface area contributed by atoms with E-state index in [-0.39, 0.29) is 0 Å². The molecule has 6 heteroatoms. The number of hydrogen-bond acceptors (Lipinski definition) is 6. The van der Waals surface area contributed by atoms with Crippen LogP contribution >= 0.6 is 0 Å². The van der Waals surface area contributed by atoms with E-state index in [0.717, 1.165) is 45.7 Å². The van der Waals surface area contributed by atoms with Crippen molar-refractivity contribution in [3.8, 4) is 0 Å². The number of hydrazine groups is 2. The van der Waals surface area contributed by atoms with Crippen LogP contribution in [-0.2, 0) is 0 Å². The van der Waals surface area contributed by atoms with Gasteiger partial charge in [-0.25, -0.2) is 0 Å². The molecule has 6 nitrogen and oxygen atoms in total. The Morgan fingerprint density at radius 1 is 0.738 bits per heavy atom. The van der Waals surface area contributed by atoms with Crippen LogP contribution in [0.3, 0.4) is 0 Å². The van der Waals surface area contributed by atoms with E-state index in [1.807, 2.05) is 0 Å². The van der Waals surface area contributed by atoms with Crippen molar-refractivity contribution in [2.45, 2.75) is 32.6 Å². The molecule has 5 aromatic rings. The van der Waals surface area contributed by atoms with Crippen molar-refractivity contribution in [2.75, 3.05) is 47.8 Å². The number of anilines is 5. The maximum absolute atomic E-state index is 5.74. The fourth-order valence-corrected chi connectivity index (χ4v) is 6.50. The second-order valence-corrected chi connectivity index (χ2v) is 11.5. The Morgan fingerprint density at radius 3 is 2.10 bits per heavy atom. The zero-order chi connectivity index (χ0) is 28.5. The molecule has 7 rings (SSSR count). The summed E-state index contributed by atoms with van der Waals surface area (Å²) in [5, 5.41) is 16.1. The third kappa shape index (κ3) is 4.96. The average molecular weight is 557 g/mol. The van der Waals surface area contributed by atoms with Crippen molar-refractivity contribution in [3.63, 3.8) is 0 Å². The van der Waals surface area contributed by atoms with Crippen LogP contribution in [-0.4, -0.2) is 38.0 Å². The lowest BCUT2D eigenvalue weighted by Crippen LogP contribution is -2.50. The number of fused-ring (bicyclic) bond motifs is 5. The van der Waals surface area contributed by atoms with Crippen LogP contribution in [0.5, 0.6) is 0 Å². The Bertz CT molecular complexity index is 1700. The van der Waals surface area contributed by atoms with Crippen LogP contribution in [0.15, 0.2) is 97.1 Å². The smallest absolute Gasteiger partial charge is 0.0852 e. The minimum Gasteiger partial charge on any atom is -0.330 e. The predicted octanol–water partition coefficient (Wildman–Crippen LogP) is 7.61. The number of rotatable bonds is 9. The number of benzene rings is 5. The summed E-state index contributed by atoms with van der Waals surface area (Å²) in [5.74, 6) is 0. The second-order valence-electron chi connectivity index (χ2n) is 11.5. The normalized spacial score (nSPS) is 14.9. The SMILES string of the molecule is Cc1cc2ccccc2cc1N(CNCCCCN)c1ccc(N2c3cc4ccccc4cc3N3CCCCN32)cc1. The quantitative estimate of drug-likeness (QED) is 0.144. The van der Waals surface area contributed by atoms with Gasteiger partial charge in [0.25, 0.3) is 0 Å². The maximum Gasteiger partial charge on any atom is 0.0852 e. The number of aryl methyl sites for hydroxylation is 1. The molecule has 0 atom stereocenters. The molecule has 5 aromatic carbocycles. The van der Waals surface area contributed by atoms with Crippen LogP contribution in [0.4, 0.5) is 28.4 Å². The van der Waals surface area contributed by atoms with Crippen molar-refractivity contribution >= 4 is 50.0 Å². The molecule has 0 radical (unpaired) electrons. The van der Waals surface area contributed by atoms with Gasteiger partial charge in [-0.05, 0) is 121 Å². The Hall–Kier alpha value is -4.10. The zero-order valence-corrected chi connectivity index (χ0v) is 24.5. The highest BCUT2D eigenvalue weighted by atomic mass is 15.9. The number of nitrogens with one attached hydrogen (secondary N) is 1. The van der Waals surface area contributed by atoms with Crippen molar-refractivity contribution < 1.29 is 0 Å². The maximum atomic E-state index is 5.74. The Balaban J connectivity index is 1.24. The lowest BCUT2D eigenvalue weighted by molar-refractivity contribution is 0.232. The summed E-state index contributed by atoms with van der Waals surface area (Å²) < 4.78 is 0. The zero-order valence-electron chi connectivity index (χ0n) is 24.5. The average Bonchev–Trinajstić information content (AvgIpc) is 3.35. The molecule has 1 fully saturated rings. The van der Waals surface area contributed by atoms with E-state index >= 15 is 0 Å². The molecule has 2 heterocycles. The predicted molar refractivity (Wildman–Crippen MR) is 178 cm³/mol. The van der Waals surface area contributed by atoms with Crippen LogP contribution in [0.1, 0.15) is 31.2 Å². The van der Waals surface area contributed by atoms with Crippen molar-refractivity contribution in [1.82, 2.24) is 10.4 Å². The minimum absolute atomic E-state index is 0.737. The summed E-state index contributed by atoms with van der Waals surface area (Å²) >= 11 is 0. The summed E-state index contributed by atoms with van der Waals surface area (Å²) in [4.78, 5) is 2.41. The van der Waals surface area contributed by atoms with Crippen molar-refractivity contribution in [1.29, 1.82) is 0 Å². The summed E-state index contributed by atoms with van der Waals surface area (Å²) in [7, 11) is 0. The number of hydrogen-bond donors (Lipinski definition) is 2. The van der Waals surface area contributed by atoms with Gasteiger partial charge in [-0.2, -0.15) is 0 Å². The number of nitrogens with zero attached hydrogens (tertiary/aromatic N) is 4. The number of nitrogens with two attached hydrogens (primary N) is 1. The molecule has 0 spiro atoms. The first-order valence-electron chi connectivity index (χ1n) is 15.4. The standard InChI is InChI=1S/C36H40N6/c1-27-22-28-10-2-3-11-29(28)23-34(27)39(26-38-19-7-6-18-37)32-14-16-33(17-15-32)42-36-25-31-13-5-4-12-30(31)24-35(36)40-20-8-9-21-41(40)42/h2-5,10-17,22-25,38H,6-9,18-21,26,37H2,1H3. The van der Waals surface area contributed by atoms with Crippen LogP contribution in [0.2, 0.25) is 0 Å². The Labute approximate surface area is 248 Å². The summed E-state index contributed by atoms with van der Waals surface area (Å²) in [6, 6.07) is 35.8. The highest BCUT2D eigenvalue weighted by Gasteiger charge is 2.37. The molecular formula is C36H40N6. The topological polar surface area (TPSA) is 51.0 Å². The molecule has 0 aromatic heterocycles. The molecule has 3 N–H and O–H groups in total. The van der Waals surface area contributed by atoms with Gasteiger partial charge < -0.3 is 10.6 Å². The number of unbranched alkanes of at least 4 members (excludes halogenated alkanes) is 1. The van der Waals surface area contributed by atoms with Gasteiger partial charge in [0.2, 0.25) is 0 Å². The highest BCUT2D eigenvalue weighted by Crippen LogP contribution is 2.47. The van der Waals surface area contributed by atoms with E-state index in [0.29, 0.717) is 0 Å². The first kappa shape index (κ1) is 26.8. The van der Waals surface area contributed by atoms with Gasteiger partial charge in [0.05, 0.1) is 23.7 Å². The minimum atomic E-state index is 0.737. The molecule has 2 aliphatic heterocycles. The highest BCUT2D eigenvalue weighted by molar-refractivity contribution is 5.96. The lowest BCUT2D eigenvalue weighted by Gasteiger charge is -2.39. The van der Waals surface area contributed by atoms with Gasteiger partial charge >= 0.3 is 0 Å². The van der Waals surface area contributed by atoms with E-state index in [1.165, 1.54) is 68.4 Å². The molecule has 42 heavy (non-hydrogen) atoms. The van der Waals surface area contributed by atoms with Gasteiger partial charge in [0, 0.05) is 24.5 Å². The van der Waals surface area contributed by atoms with Crippen molar-refractivity contribution in [2.24, 2.45) is 5.73 Å². The molecule has 0 saturated carbocycles. The molecule has 0 amide bonds. The first-order valence-corrected chi connectivity index (χ1v) is 15.4. The van der Waals surface area contributed by atoms with E-state index < -0.39 is 0 Å². The van der Waals surface area contributed by atoms with Gasteiger partial charge in [0.15, 0.2) is 0 Å². The molecule has 2 aliphatic rings. The summed E-state index contributed by atoms with van der Waals surface area (Å²) in [6.07, 6.45) is 4.53. The monoisotopic (exact) mass is 556 g/mol. The molecule has 214 valence electrons. The third-order valence-electron chi connectivity index (χ3n) is 8.68. The Morgan fingerprint density at radius 2 is 1.38 bits per heavy atom. The van der Waals surface area contributed by atoms with E-state index in [1.54, 1.807) is 0 Å². The molecular weight excluding hydrogens is 516 g/mol. The van der Waals surface area contributed by atoms with E-state index in [2.05, 4.69) is 129 Å². The fraction of sp³-hybridized carbons (Fsp3) is 0.278. The van der Waals surface area contributed by atoms with Gasteiger partial charge in [-0.15, -0.1) is 5.12 Å². The van der Waals surface area contributed by atoms with Gasteiger partial charge in [-0.3, -0.25) is 15.3 Å². The van der Waals surface area contributed by atoms with E-state index in [4.69, 9.17) is 5.73 Å². The molecule has 0 bridgehead atoms. The van der Waals surface area contributed by atoms with Gasteiger partial charge in [0.1, 0.15) is 0 Å². The second kappa shape index (κ2) is 11.6. The van der Waals surface area contributed by atoms with Crippen molar-refractivity contribution in [3.05, 3.63) is 103 Å². The summed E-state index contributed by atoms with van der Waals surface area (Å²) in [6.45, 7) is 6.70. The summed E-state index contributed by atoms with van der Waals surface area (Å²) in [5.41, 5.74) is 13.2. The van der Waals surface area contributed by atoms with Crippen LogP contribution < -0.4 is 26.0 Å².